The second-order valence-electron chi connectivity index (χ2n) is 8.24. The first-order chi connectivity index (χ1) is 16.4. The first kappa shape index (κ1) is 23.0. The first-order valence-electron chi connectivity index (χ1n) is 11.3. The Kier molecular flexibility index (Phi) is 6.63. The molecule has 34 heavy (non-hydrogen) atoms. The average molecular weight is 456 g/mol. The van der Waals surface area contributed by atoms with E-state index in [4.69, 9.17) is 4.98 Å². The molecule has 0 bridgehead atoms. The summed E-state index contributed by atoms with van der Waals surface area (Å²) in [4.78, 5) is 34.0. The fourth-order valence-electron chi connectivity index (χ4n) is 4.26. The van der Waals surface area contributed by atoms with Crippen molar-refractivity contribution in [3.63, 3.8) is 0 Å². The second kappa shape index (κ2) is 9.79. The maximum absolute atomic E-state index is 13.2. The summed E-state index contributed by atoms with van der Waals surface area (Å²) in [6.45, 7) is 13.8. The Labute approximate surface area is 199 Å². The Morgan fingerprint density at radius 2 is 1.79 bits per heavy atom. The molecule has 0 unspecified atom stereocenters. The molecule has 1 aromatic carbocycles. The zero-order valence-corrected chi connectivity index (χ0v) is 19.6. The Balaban J connectivity index is 1.91. The fraction of sp³-hybridized carbons (Fsp3) is 0.222. The number of fused-ring (bicyclic) bond motifs is 1. The molecule has 1 N–H and O–H groups in total. The second-order valence-corrected chi connectivity index (χ2v) is 8.24. The molecule has 3 aromatic rings. The fourth-order valence-corrected chi connectivity index (χ4v) is 4.26. The van der Waals surface area contributed by atoms with Gasteiger partial charge in [0.15, 0.2) is 11.1 Å². The number of aromatic nitrogens is 2. The van der Waals surface area contributed by atoms with Crippen LogP contribution in [-0.4, -0.2) is 46.5 Å². The normalized spacial score (nSPS) is 14.2. The van der Waals surface area contributed by atoms with Gasteiger partial charge in [0.05, 0.1) is 5.39 Å². The molecule has 7 nitrogen and oxygen atoms in total. The smallest absolute Gasteiger partial charge is 0.219 e. The van der Waals surface area contributed by atoms with E-state index in [-0.39, 0.29) is 11.3 Å². The van der Waals surface area contributed by atoms with E-state index in [1.165, 1.54) is 0 Å². The predicted octanol–water partition coefficient (Wildman–Crippen LogP) is 4.03. The molecule has 3 heterocycles. The summed E-state index contributed by atoms with van der Waals surface area (Å²) in [7, 11) is 0. The molecule has 7 heteroatoms. The van der Waals surface area contributed by atoms with Gasteiger partial charge in [0.25, 0.3) is 0 Å². The molecule has 0 spiro atoms. The van der Waals surface area contributed by atoms with E-state index >= 15 is 0 Å². The van der Waals surface area contributed by atoms with E-state index in [1.807, 2.05) is 52.8 Å². The number of nitrogens with one attached hydrogen (secondary N) is 1. The van der Waals surface area contributed by atoms with Gasteiger partial charge >= 0.3 is 0 Å². The number of allylic oxidation sites excluding steroid dienone is 3. The van der Waals surface area contributed by atoms with Crippen LogP contribution in [0.15, 0.2) is 84.3 Å². The van der Waals surface area contributed by atoms with Crippen LogP contribution in [0.3, 0.4) is 0 Å². The summed E-state index contributed by atoms with van der Waals surface area (Å²) in [6.07, 6.45) is 5.13. The van der Waals surface area contributed by atoms with Gasteiger partial charge in [0.1, 0.15) is 11.6 Å². The van der Waals surface area contributed by atoms with Crippen molar-refractivity contribution in [1.29, 1.82) is 0 Å². The molecule has 1 aliphatic heterocycles. The van der Waals surface area contributed by atoms with E-state index in [1.54, 1.807) is 31.2 Å². The van der Waals surface area contributed by atoms with Gasteiger partial charge in [-0.15, -0.1) is 0 Å². The van der Waals surface area contributed by atoms with Gasteiger partial charge in [-0.05, 0) is 42.8 Å². The molecule has 1 aliphatic rings. The Morgan fingerprint density at radius 1 is 1.09 bits per heavy atom. The van der Waals surface area contributed by atoms with E-state index in [2.05, 4.69) is 23.4 Å². The molecule has 0 atom stereocenters. The van der Waals surface area contributed by atoms with Crippen LogP contribution in [0.1, 0.15) is 12.5 Å². The minimum Gasteiger partial charge on any atom is -0.353 e. The number of rotatable bonds is 6. The van der Waals surface area contributed by atoms with Crippen molar-refractivity contribution < 1.29 is 4.79 Å². The highest BCUT2D eigenvalue weighted by Gasteiger charge is 2.22. The van der Waals surface area contributed by atoms with Gasteiger partial charge in [-0.3, -0.25) is 14.2 Å². The number of benzene rings is 1. The van der Waals surface area contributed by atoms with E-state index in [9.17, 15) is 9.59 Å². The lowest BCUT2D eigenvalue weighted by molar-refractivity contribution is -0.129. The monoisotopic (exact) mass is 455 g/mol. The van der Waals surface area contributed by atoms with Gasteiger partial charge in [0, 0.05) is 50.6 Å². The molecule has 0 radical (unpaired) electrons. The van der Waals surface area contributed by atoms with E-state index in [0.29, 0.717) is 48.7 Å². The highest BCUT2D eigenvalue weighted by molar-refractivity contribution is 5.85. The van der Waals surface area contributed by atoms with Gasteiger partial charge in [0.2, 0.25) is 5.91 Å². The highest BCUT2D eigenvalue weighted by Crippen LogP contribution is 2.27. The number of nitrogens with zero attached hydrogens (tertiary/aromatic N) is 4. The van der Waals surface area contributed by atoms with Crippen LogP contribution < -0.4 is 15.6 Å². The predicted molar refractivity (Wildman–Crippen MR) is 139 cm³/mol. The van der Waals surface area contributed by atoms with Gasteiger partial charge in [-0.2, -0.15) is 0 Å². The van der Waals surface area contributed by atoms with Crippen LogP contribution in [0.2, 0.25) is 0 Å². The van der Waals surface area contributed by atoms with Crippen LogP contribution in [-0.2, 0) is 4.79 Å². The Hall–Kier alpha value is -4.13. The quantitative estimate of drug-likeness (QED) is 0.569. The SMILES string of the molecule is C=C/C=C(\C=C)Nc1cc(=O)c2c(C)cc(N3CCN(C(C)=O)CC3)nc2n1-c1ccccc1. The summed E-state index contributed by atoms with van der Waals surface area (Å²) in [5, 5.41) is 3.88. The van der Waals surface area contributed by atoms with Crippen molar-refractivity contribution in [2.75, 3.05) is 36.4 Å². The van der Waals surface area contributed by atoms with Crippen molar-refractivity contribution in [3.05, 3.63) is 95.3 Å². The molecule has 0 aliphatic carbocycles. The third-order valence-electron chi connectivity index (χ3n) is 6.00. The first-order valence-corrected chi connectivity index (χ1v) is 11.3. The van der Waals surface area contributed by atoms with E-state index < -0.39 is 0 Å². The summed E-state index contributed by atoms with van der Waals surface area (Å²) < 4.78 is 1.96. The third kappa shape index (κ3) is 4.50. The molecule has 1 fully saturated rings. The number of anilines is 2. The lowest BCUT2D eigenvalue weighted by Crippen LogP contribution is -2.48. The number of hydrogen-bond donors (Lipinski definition) is 1. The van der Waals surface area contributed by atoms with Crippen LogP contribution in [0.4, 0.5) is 11.6 Å². The minimum atomic E-state index is -0.107. The number of amides is 1. The standard InChI is InChI=1S/C27H29N5O2/c1-5-10-21(6-2)28-25-18-23(34)26-19(3)17-24(31-15-13-30(14-16-31)20(4)33)29-27(26)32(25)22-11-8-7-9-12-22/h5-12,17-18,28H,1-2,13-16H2,3-4H3/b21-10+. The van der Waals surface area contributed by atoms with E-state index in [0.717, 1.165) is 17.1 Å². The van der Waals surface area contributed by atoms with Crippen LogP contribution >= 0.6 is 0 Å². The lowest BCUT2D eigenvalue weighted by Gasteiger charge is -2.35. The van der Waals surface area contributed by atoms with Crippen molar-refractivity contribution in [2.24, 2.45) is 0 Å². The molecular weight excluding hydrogens is 426 g/mol. The van der Waals surface area contributed by atoms with Gasteiger partial charge in [-0.1, -0.05) is 37.4 Å². The maximum Gasteiger partial charge on any atom is 0.219 e. The third-order valence-corrected chi connectivity index (χ3v) is 6.00. The Morgan fingerprint density at radius 3 is 2.41 bits per heavy atom. The molecule has 1 amide bonds. The average Bonchev–Trinajstić information content (AvgIpc) is 2.84. The van der Waals surface area contributed by atoms with Crippen LogP contribution in [0, 0.1) is 6.92 Å². The van der Waals surface area contributed by atoms with Crippen molar-refractivity contribution in [3.8, 4) is 5.69 Å². The summed E-state index contributed by atoms with van der Waals surface area (Å²) in [5.41, 5.74) is 2.92. The lowest BCUT2D eigenvalue weighted by atomic mass is 10.1. The number of piperazine rings is 1. The van der Waals surface area contributed by atoms with Crippen LogP contribution in [0.5, 0.6) is 0 Å². The maximum atomic E-state index is 13.2. The number of para-hydroxylation sites is 1. The van der Waals surface area contributed by atoms with Crippen molar-refractivity contribution in [2.45, 2.75) is 13.8 Å². The zero-order chi connectivity index (χ0) is 24.2. The van der Waals surface area contributed by atoms with Gasteiger partial charge in [-0.25, -0.2) is 4.98 Å². The molecule has 0 saturated carbocycles. The highest BCUT2D eigenvalue weighted by atomic mass is 16.2. The molecule has 174 valence electrons. The van der Waals surface area contributed by atoms with Crippen molar-refractivity contribution in [1.82, 2.24) is 14.5 Å². The number of aryl methyl sites for hydroxylation is 1. The summed E-state index contributed by atoms with van der Waals surface area (Å²) in [6, 6.07) is 13.4. The topological polar surface area (TPSA) is 70.5 Å². The minimum absolute atomic E-state index is 0.0848. The van der Waals surface area contributed by atoms with Crippen molar-refractivity contribution >= 4 is 28.6 Å². The molecule has 1 saturated heterocycles. The number of hydrogen-bond acceptors (Lipinski definition) is 5. The van der Waals surface area contributed by atoms with Gasteiger partial charge < -0.3 is 15.1 Å². The zero-order valence-electron chi connectivity index (χ0n) is 19.6. The molecular formula is C27H29N5O2. The number of carbonyl (C=O) groups is 1. The number of carbonyl (C=O) groups excluding carboxylic acids is 1. The summed E-state index contributed by atoms with van der Waals surface area (Å²) in [5.74, 6) is 1.46. The number of pyridine rings is 2. The Bertz CT molecular complexity index is 1330. The molecule has 4 rings (SSSR count). The largest absolute Gasteiger partial charge is 0.353 e. The van der Waals surface area contributed by atoms with Crippen LogP contribution in [0.25, 0.3) is 16.7 Å². The molecule has 2 aromatic heterocycles. The summed E-state index contributed by atoms with van der Waals surface area (Å²) >= 11 is 0.